The maximum atomic E-state index is 13.0. The van der Waals surface area contributed by atoms with Crippen LogP contribution < -0.4 is 20.1 Å². The molecular formula is C14H16F4N2O3. The van der Waals surface area contributed by atoms with E-state index in [1.54, 1.807) is 6.07 Å². The average Bonchev–Trinajstić information content (AvgIpc) is 2.84. The van der Waals surface area contributed by atoms with Gasteiger partial charge in [-0.25, -0.2) is 8.78 Å². The Morgan fingerprint density at radius 1 is 1.43 bits per heavy atom. The fourth-order valence-corrected chi connectivity index (χ4v) is 2.23. The maximum Gasteiger partial charge on any atom is 0.387 e. The lowest BCUT2D eigenvalue weighted by atomic mass is 10.1. The van der Waals surface area contributed by atoms with Crippen molar-refractivity contribution in [2.75, 3.05) is 13.7 Å². The van der Waals surface area contributed by atoms with Crippen molar-refractivity contribution in [3.05, 3.63) is 23.8 Å². The number of nitrogens with one attached hydrogen (secondary N) is 2. The smallest absolute Gasteiger partial charge is 0.387 e. The number of amides is 1. The van der Waals surface area contributed by atoms with Gasteiger partial charge in [-0.2, -0.15) is 8.78 Å². The molecule has 2 rings (SSSR count). The molecule has 1 atom stereocenters. The summed E-state index contributed by atoms with van der Waals surface area (Å²) >= 11 is 0. The molecule has 1 aliphatic rings. The molecule has 9 heteroatoms. The summed E-state index contributed by atoms with van der Waals surface area (Å²) in [5.74, 6) is -3.52. The predicted octanol–water partition coefficient (Wildman–Crippen LogP) is 1.91. The Labute approximate surface area is 129 Å². The highest BCUT2D eigenvalue weighted by atomic mass is 19.3. The van der Waals surface area contributed by atoms with Crippen LogP contribution in [0.15, 0.2) is 18.2 Å². The first-order valence-corrected chi connectivity index (χ1v) is 6.81. The van der Waals surface area contributed by atoms with Gasteiger partial charge in [-0.15, -0.1) is 0 Å². The third-order valence-electron chi connectivity index (χ3n) is 3.34. The van der Waals surface area contributed by atoms with Crippen LogP contribution in [0.25, 0.3) is 0 Å². The third-order valence-corrected chi connectivity index (χ3v) is 3.34. The Bertz CT molecular complexity index is 569. The van der Waals surface area contributed by atoms with Crippen molar-refractivity contribution in [1.29, 1.82) is 0 Å². The molecule has 0 radical (unpaired) electrons. The Kier molecular flexibility index (Phi) is 5.30. The van der Waals surface area contributed by atoms with Gasteiger partial charge >= 0.3 is 6.61 Å². The van der Waals surface area contributed by atoms with Crippen LogP contribution in [0.2, 0.25) is 0 Å². The van der Waals surface area contributed by atoms with Crippen LogP contribution in [-0.4, -0.2) is 38.1 Å². The van der Waals surface area contributed by atoms with E-state index < -0.39 is 37.4 Å². The van der Waals surface area contributed by atoms with Crippen molar-refractivity contribution in [3.63, 3.8) is 0 Å². The quantitative estimate of drug-likeness (QED) is 0.779. The SMILES string of the molecule is COc1ccc(CNC(=O)C2CC(F)(F)CN2)cc1OC(F)F. The lowest BCUT2D eigenvalue weighted by molar-refractivity contribution is -0.123. The first kappa shape index (κ1) is 17.3. The number of benzene rings is 1. The summed E-state index contributed by atoms with van der Waals surface area (Å²) in [6, 6.07) is 3.29. The van der Waals surface area contributed by atoms with Gasteiger partial charge in [-0.1, -0.05) is 6.07 Å². The second-order valence-electron chi connectivity index (χ2n) is 5.08. The van der Waals surface area contributed by atoms with Gasteiger partial charge in [-0.3, -0.25) is 10.1 Å². The van der Waals surface area contributed by atoms with Gasteiger partial charge in [0.25, 0.3) is 5.92 Å². The number of hydrogen-bond donors (Lipinski definition) is 2. The van der Waals surface area contributed by atoms with Gasteiger partial charge in [0, 0.05) is 13.0 Å². The lowest BCUT2D eigenvalue weighted by Crippen LogP contribution is -2.40. The van der Waals surface area contributed by atoms with E-state index in [9.17, 15) is 22.4 Å². The standard InChI is InChI=1S/C14H16F4N2O3/c1-22-10-3-2-8(4-11(10)23-13(15)16)6-19-12(21)9-5-14(17,18)7-20-9/h2-4,9,13,20H,5-7H2,1H3,(H,19,21). The average molecular weight is 336 g/mol. The molecule has 1 saturated heterocycles. The fourth-order valence-electron chi connectivity index (χ4n) is 2.23. The summed E-state index contributed by atoms with van der Waals surface area (Å²) in [4.78, 5) is 11.8. The molecule has 0 spiro atoms. The normalized spacial score (nSPS) is 19.7. The number of carbonyl (C=O) groups is 1. The topological polar surface area (TPSA) is 59.6 Å². The molecule has 23 heavy (non-hydrogen) atoms. The number of alkyl halides is 4. The minimum absolute atomic E-state index is 0.00776. The van der Waals surface area contributed by atoms with E-state index in [-0.39, 0.29) is 18.0 Å². The van der Waals surface area contributed by atoms with Gasteiger partial charge in [0.1, 0.15) is 0 Å². The van der Waals surface area contributed by atoms with Crippen LogP contribution in [0, 0.1) is 0 Å². The van der Waals surface area contributed by atoms with E-state index in [2.05, 4.69) is 15.4 Å². The van der Waals surface area contributed by atoms with Crippen molar-refractivity contribution < 1.29 is 31.8 Å². The second kappa shape index (κ2) is 7.03. The summed E-state index contributed by atoms with van der Waals surface area (Å²) < 4.78 is 59.9. The van der Waals surface area contributed by atoms with Crippen molar-refractivity contribution >= 4 is 5.91 Å². The number of carbonyl (C=O) groups excluding carboxylic acids is 1. The Balaban J connectivity index is 1.96. The minimum atomic E-state index is -3.02. The molecule has 2 N–H and O–H groups in total. The van der Waals surface area contributed by atoms with Crippen LogP contribution in [0.3, 0.4) is 0 Å². The van der Waals surface area contributed by atoms with Crippen LogP contribution in [0.5, 0.6) is 11.5 Å². The molecule has 1 fully saturated rings. The van der Waals surface area contributed by atoms with Crippen LogP contribution >= 0.6 is 0 Å². The second-order valence-corrected chi connectivity index (χ2v) is 5.08. The zero-order valence-electron chi connectivity index (χ0n) is 12.2. The number of ether oxygens (including phenoxy) is 2. The Morgan fingerprint density at radius 3 is 2.74 bits per heavy atom. The Hall–Kier alpha value is -2.03. The molecule has 1 aromatic carbocycles. The van der Waals surface area contributed by atoms with E-state index >= 15 is 0 Å². The molecule has 128 valence electrons. The minimum Gasteiger partial charge on any atom is -0.493 e. The highest BCUT2D eigenvalue weighted by molar-refractivity contribution is 5.82. The summed E-state index contributed by atoms with van der Waals surface area (Å²) in [6.07, 6.45) is -0.568. The van der Waals surface area contributed by atoms with E-state index in [1.807, 2.05) is 0 Å². The fraction of sp³-hybridized carbons (Fsp3) is 0.500. The number of rotatable bonds is 6. The zero-order chi connectivity index (χ0) is 17.0. The summed E-state index contributed by atoms with van der Waals surface area (Å²) in [6.45, 7) is -3.56. The van der Waals surface area contributed by atoms with Gasteiger partial charge in [-0.05, 0) is 17.7 Å². The summed E-state index contributed by atoms with van der Waals surface area (Å²) in [5, 5.41) is 4.91. The molecule has 1 heterocycles. The number of methoxy groups -OCH3 is 1. The van der Waals surface area contributed by atoms with Crippen LogP contribution in [0.4, 0.5) is 17.6 Å². The predicted molar refractivity (Wildman–Crippen MR) is 72.8 cm³/mol. The van der Waals surface area contributed by atoms with Gasteiger partial charge in [0.15, 0.2) is 11.5 Å². The van der Waals surface area contributed by atoms with Gasteiger partial charge < -0.3 is 14.8 Å². The van der Waals surface area contributed by atoms with Crippen molar-refractivity contribution in [2.45, 2.75) is 31.5 Å². The Morgan fingerprint density at radius 2 is 2.17 bits per heavy atom. The monoisotopic (exact) mass is 336 g/mol. The lowest BCUT2D eigenvalue weighted by Gasteiger charge is -2.13. The molecule has 5 nitrogen and oxygen atoms in total. The largest absolute Gasteiger partial charge is 0.493 e. The molecule has 0 saturated carbocycles. The van der Waals surface area contributed by atoms with Crippen LogP contribution in [0.1, 0.15) is 12.0 Å². The van der Waals surface area contributed by atoms with E-state index in [0.717, 1.165) is 0 Å². The summed E-state index contributed by atoms with van der Waals surface area (Å²) in [5.41, 5.74) is 0.472. The molecule has 0 aromatic heterocycles. The van der Waals surface area contributed by atoms with Gasteiger partial charge in [0.2, 0.25) is 5.91 Å². The molecule has 1 aromatic rings. The van der Waals surface area contributed by atoms with Crippen molar-refractivity contribution in [2.24, 2.45) is 0 Å². The highest BCUT2D eigenvalue weighted by Gasteiger charge is 2.42. The number of hydrogen-bond acceptors (Lipinski definition) is 4. The molecule has 0 aliphatic carbocycles. The molecular weight excluding hydrogens is 320 g/mol. The number of halogens is 4. The molecule has 1 amide bonds. The van der Waals surface area contributed by atoms with E-state index in [1.165, 1.54) is 19.2 Å². The van der Waals surface area contributed by atoms with E-state index in [4.69, 9.17) is 4.74 Å². The van der Waals surface area contributed by atoms with Crippen molar-refractivity contribution in [3.8, 4) is 11.5 Å². The molecule has 1 aliphatic heterocycles. The van der Waals surface area contributed by atoms with Crippen LogP contribution in [-0.2, 0) is 11.3 Å². The first-order chi connectivity index (χ1) is 10.8. The van der Waals surface area contributed by atoms with Gasteiger partial charge in [0.05, 0.1) is 19.7 Å². The zero-order valence-corrected chi connectivity index (χ0v) is 12.2. The first-order valence-electron chi connectivity index (χ1n) is 6.81. The van der Waals surface area contributed by atoms with E-state index in [0.29, 0.717) is 5.56 Å². The molecule has 1 unspecified atom stereocenters. The summed E-state index contributed by atoms with van der Waals surface area (Å²) in [7, 11) is 1.31. The maximum absolute atomic E-state index is 13.0. The third kappa shape index (κ3) is 4.72. The molecule has 0 bridgehead atoms. The van der Waals surface area contributed by atoms with Crippen molar-refractivity contribution in [1.82, 2.24) is 10.6 Å². The highest BCUT2D eigenvalue weighted by Crippen LogP contribution is 2.29.